The van der Waals surface area contributed by atoms with Gasteiger partial charge in [-0.05, 0) is 18.6 Å². The number of aromatic nitrogens is 2. The van der Waals surface area contributed by atoms with Crippen molar-refractivity contribution in [1.82, 2.24) is 20.0 Å². The van der Waals surface area contributed by atoms with Gasteiger partial charge in [-0.1, -0.05) is 18.2 Å². The Morgan fingerprint density at radius 2 is 1.97 bits per heavy atom. The van der Waals surface area contributed by atoms with Gasteiger partial charge >= 0.3 is 0 Å². The van der Waals surface area contributed by atoms with Crippen molar-refractivity contribution in [3.8, 4) is 0 Å². The summed E-state index contributed by atoms with van der Waals surface area (Å²) in [4.78, 5) is 23.9. The number of aryl methyl sites for hydroxylation is 1. The largest absolute Gasteiger partial charge is 0.378 e. The minimum Gasteiger partial charge on any atom is -0.378 e. The van der Waals surface area contributed by atoms with Crippen LogP contribution in [0.5, 0.6) is 0 Å². The molecule has 2 saturated heterocycles. The topological polar surface area (TPSA) is 78.2 Å². The Morgan fingerprint density at radius 1 is 1.19 bits per heavy atom. The smallest absolute Gasteiger partial charge is 0.246 e. The molecule has 10 heteroatoms. The number of guanidine groups is 1. The van der Waals surface area contributed by atoms with E-state index >= 15 is 0 Å². The number of aliphatic imine (C=N–C) groups is 1. The summed E-state index contributed by atoms with van der Waals surface area (Å²) in [5.74, 6) is 0.831. The van der Waals surface area contributed by atoms with Crippen LogP contribution in [-0.4, -0.2) is 79.0 Å². The van der Waals surface area contributed by atoms with Crippen LogP contribution in [0.3, 0.4) is 0 Å². The van der Waals surface area contributed by atoms with Crippen LogP contribution < -0.4 is 15.1 Å². The summed E-state index contributed by atoms with van der Waals surface area (Å²) in [6.45, 7) is 8.28. The van der Waals surface area contributed by atoms with E-state index in [9.17, 15) is 4.79 Å². The molecular formula is C22H32IN7O2. The summed E-state index contributed by atoms with van der Waals surface area (Å²) in [6.07, 6.45) is 3.60. The van der Waals surface area contributed by atoms with E-state index < -0.39 is 0 Å². The molecule has 1 N–H and O–H groups in total. The lowest BCUT2D eigenvalue weighted by molar-refractivity contribution is -0.120. The van der Waals surface area contributed by atoms with Crippen molar-refractivity contribution in [2.75, 3.05) is 62.3 Å². The third kappa shape index (κ3) is 5.71. The average molecular weight is 553 g/mol. The predicted octanol–water partition coefficient (Wildman–Crippen LogP) is 1.69. The van der Waals surface area contributed by atoms with E-state index in [4.69, 9.17) is 9.73 Å². The third-order valence-electron chi connectivity index (χ3n) is 5.60. The van der Waals surface area contributed by atoms with E-state index in [1.54, 1.807) is 15.8 Å². The van der Waals surface area contributed by atoms with Crippen molar-refractivity contribution in [1.29, 1.82) is 0 Å². The molecule has 0 spiro atoms. The highest BCUT2D eigenvalue weighted by molar-refractivity contribution is 14.0. The molecule has 0 bridgehead atoms. The highest BCUT2D eigenvalue weighted by Crippen LogP contribution is 2.22. The normalized spacial score (nSPS) is 17.4. The first-order chi connectivity index (χ1) is 15.2. The van der Waals surface area contributed by atoms with Gasteiger partial charge in [0, 0.05) is 51.7 Å². The van der Waals surface area contributed by atoms with Crippen molar-refractivity contribution in [3.05, 3.63) is 42.2 Å². The first-order valence-electron chi connectivity index (χ1n) is 10.9. The summed E-state index contributed by atoms with van der Waals surface area (Å²) < 4.78 is 7.21. The van der Waals surface area contributed by atoms with Gasteiger partial charge in [0.15, 0.2) is 5.96 Å². The number of amides is 1. The van der Waals surface area contributed by atoms with Crippen molar-refractivity contribution in [2.45, 2.75) is 13.5 Å². The molecule has 2 aliphatic rings. The first-order valence-corrected chi connectivity index (χ1v) is 10.9. The van der Waals surface area contributed by atoms with E-state index in [-0.39, 0.29) is 29.9 Å². The summed E-state index contributed by atoms with van der Waals surface area (Å²) in [6, 6.07) is 8.40. The lowest BCUT2D eigenvalue weighted by Crippen LogP contribution is -2.55. The Balaban J connectivity index is 0.00000289. The lowest BCUT2D eigenvalue weighted by atomic mass is 10.1. The minimum absolute atomic E-state index is 0. The number of hydrogen-bond acceptors (Lipinski definition) is 5. The quantitative estimate of drug-likeness (QED) is 0.345. The fourth-order valence-corrected chi connectivity index (χ4v) is 4.02. The zero-order valence-corrected chi connectivity index (χ0v) is 21.1. The number of nitrogens with zero attached hydrogens (tertiary/aromatic N) is 6. The van der Waals surface area contributed by atoms with Gasteiger partial charge in [0.2, 0.25) is 5.91 Å². The summed E-state index contributed by atoms with van der Waals surface area (Å²) in [5.41, 5.74) is 3.23. The molecule has 0 unspecified atom stereocenters. The van der Waals surface area contributed by atoms with E-state index in [2.05, 4.69) is 39.6 Å². The monoisotopic (exact) mass is 553 g/mol. The van der Waals surface area contributed by atoms with Crippen LogP contribution in [0.4, 0.5) is 11.4 Å². The molecule has 0 aliphatic carbocycles. The number of morpholine rings is 1. The Hall–Kier alpha value is -2.34. The zero-order chi connectivity index (χ0) is 21.6. The number of nitrogens with one attached hydrogen (secondary N) is 1. The summed E-state index contributed by atoms with van der Waals surface area (Å²) >= 11 is 0. The Bertz CT molecular complexity index is 927. The average Bonchev–Trinajstić information content (AvgIpc) is 3.23. The molecule has 0 saturated carbocycles. The SMILES string of the molecule is CCNC(=NCc1ccccc1N1CCOCC1)N1CCN(c2cnn(C)c2)C(=O)C1.I. The Kier molecular flexibility index (Phi) is 8.74. The van der Waals surface area contributed by atoms with Crippen LogP contribution in [0.2, 0.25) is 0 Å². The molecule has 2 aromatic rings. The van der Waals surface area contributed by atoms with Gasteiger partial charge in [-0.2, -0.15) is 5.10 Å². The van der Waals surface area contributed by atoms with Gasteiger partial charge in [0.05, 0.1) is 31.6 Å². The van der Waals surface area contributed by atoms with Crippen LogP contribution in [0, 0.1) is 0 Å². The molecule has 1 aromatic heterocycles. The van der Waals surface area contributed by atoms with Crippen LogP contribution in [-0.2, 0) is 23.1 Å². The van der Waals surface area contributed by atoms with Crippen LogP contribution in [0.25, 0.3) is 0 Å². The molecule has 174 valence electrons. The molecule has 2 aliphatic heterocycles. The van der Waals surface area contributed by atoms with Gasteiger partial charge in [-0.3, -0.25) is 9.48 Å². The van der Waals surface area contributed by atoms with Crippen molar-refractivity contribution < 1.29 is 9.53 Å². The van der Waals surface area contributed by atoms with E-state index in [0.29, 0.717) is 19.6 Å². The Labute approximate surface area is 206 Å². The number of benzene rings is 1. The second-order valence-corrected chi connectivity index (χ2v) is 7.74. The molecule has 4 rings (SSSR count). The number of carbonyl (C=O) groups excluding carboxylic acids is 1. The van der Waals surface area contributed by atoms with E-state index in [1.165, 1.54) is 11.3 Å². The number of carbonyl (C=O) groups is 1. The summed E-state index contributed by atoms with van der Waals surface area (Å²) in [7, 11) is 1.86. The second kappa shape index (κ2) is 11.5. The lowest BCUT2D eigenvalue weighted by Gasteiger charge is -2.35. The highest BCUT2D eigenvalue weighted by Gasteiger charge is 2.27. The maximum absolute atomic E-state index is 12.8. The zero-order valence-electron chi connectivity index (χ0n) is 18.7. The summed E-state index contributed by atoms with van der Waals surface area (Å²) in [5, 5.41) is 7.54. The first kappa shape index (κ1) is 24.3. The van der Waals surface area contributed by atoms with Gasteiger partial charge < -0.3 is 24.8 Å². The number of hydrogen-bond donors (Lipinski definition) is 1. The standard InChI is InChI=1S/C22H31N7O2.HI/c1-3-23-22(28-8-9-29(21(30)17-28)19-15-25-26(2)16-19)24-14-18-6-4-5-7-20(18)27-10-12-31-13-11-27;/h4-7,15-16H,3,8-14,17H2,1-2H3,(H,23,24);1H. The maximum atomic E-state index is 12.8. The van der Waals surface area contributed by atoms with Gasteiger partial charge in [-0.15, -0.1) is 24.0 Å². The third-order valence-corrected chi connectivity index (χ3v) is 5.60. The van der Waals surface area contributed by atoms with Crippen molar-refractivity contribution in [3.63, 3.8) is 0 Å². The van der Waals surface area contributed by atoms with Crippen molar-refractivity contribution in [2.24, 2.45) is 12.0 Å². The number of halogens is 1. The van der Waals surface area contributed by atoms with Gasteiger partial charge in [0.25, 0.3) is 0 Å². The minimum atomic E-state index is 0. The van der Waals surface area contributed by atoms with Crippen molar-refractivity contribution >= 4 is 47.2 Å². The molecule has 3 heterocycles. The molecular weight excluding hydrogens is 521 g/mol. The van der Waals surface area contributed by atoms with E-state index in [1.807, 2.05) is 25.1 Å². The molecule has 0 radical (unpaired) electrons. The Morgan fingerprint density at radius 3 is 2.66 bits per heavy atom. The predicted molar refractivity (Wildman–Crippen MR) is 137 cm³/mol. The molecule has 2 fully saturated rings. The number of para-hydroxylation sites is 1. The number of anilines is 2. The second-order valence-electron chi connectivity index (χ2n) is 7.74. The van der Waals surface area contributed by atoms with Gasteiger partial charge in [-0.25, -0.2) is 4.99 Å². The maximum Gasteiger partial charge on any atom is 0.246 e. The number of ether oxygens (including phenoxy) is 1. The fourth-order valence-electron chi connectivity index (χ4n) is 4.02. The van der Waals surface area contributed by atoms with Gasteiger partial charge in [0.1, 0.15) is 6.54 Å². The fraction of sp³-hybridized carbons (Fsp3) is 0.500. The van der Waals surface area contributed by atoms with Crippen LogP contribution in [0.15, 0.2) is 41.7 Å². The molecule has 1 amide bonds. The molecule has 32 heavy (non-hydrogen) atoms. The molecule has 9 nitrogen and oxygen atoms in total. The molecule has 1 aromatic carbocycles. The number of rotatable bonds is 5. The molecule has 0 atom stereocenters. The van der Waals surface area contributed by atoms with Crippen LogP contribution >= 0.6 is 24.0 Å². The van der Waals surface area contributed by atoms with E-state index in [0.717, 1.165) is 51.0 Å². The highest BCUT2D eigenvalue weighted by atomic mass is 127. The number of piperazine rings is 1. The van der Waals surface area contributed by atoms with Crippen LogP contribution in [0.1, 0.15) is 12.5 Å².